The molecule has 0 radical (unpaired) electrons. The first kappa shape index (κ1) is 14.7. The largest absolute Gasteiger partial charge is 0.383 e. The molecular formula is C15H22N4O. The van der Waals surface area contributed by atoms with Crippen LogP contribution in [-0.2, 0) is 24.2 Å². The summed E-state index contributed by atoms with van der Waals surface area (Å²) >= 11 is 0. The Hall–Kier alpha value is -1.72. The van der Waals surface area contributed by atoms with Crippen molar-refractivity contribution in [2.45, 2.75) is 25.9 Å². The third kappa shape index (κ3) is 5.11. The van der Waals surface area contributed by atoms with Crippen LogP contribution in [0.4, 0.5) is 0 Å². The van der Waals surface area contributed by atoms with Crippen molar-refractivity contribution in [2.24, 2.45) is 0 Å². The quantitative estimate of drug-likeness (QED) is 0.706. The Balaban J connectivity index is 1.67. The zero-order valence-electron chi connectivity index (χ0n) is 12.0. The Bertz CT molecular complexity index is 484. The summed E-state index contributed by atoms with van der Waals surface area (Å²) in [4.78, 5) is 0. The number of hydrogen-bond acceptors (Lipinski definition) is 4. The van der Waals surface area contributed by atoms with Gasteiger partial charge in [-0.1, -0.05) is 35.5 Å². The molecular weight excluding hydrogens is 252 g/mol. The molecule has 108 valence electrons. The summed E-state index contributed by atoms with van der Waals surface area (Å²) in [6.07, 6.45) is 4.15. The molecule has 0 aliphatic heterocycles. The highest BCUT2D eigenvalue weighted by molar-refractivity contribution is 5.14. The van der Waals surface area contributed by atoms with Crippen LogP contribution in [0, 0.1) is 0 Å². The fourth-order valence-electron chi connectivity index (χ4n) is 2.01. The van der Waals surface area contributed by atoms with Gasteiger partial charge in [0.2, 0.25) is 0 Å². The van der Waals surface area contributed by atoms with Crippen LogP contribution < -0.4 is 5.32 Å². The van der Waals surface area contributed by atoms with E-state index in [1.807, 2.05) is 16.9 Å². The fourth-order valence-corrected chi connectivity index (χ4v) is 2.01. The van der Waals surface area contributed by atoms with Crippen molar-refractivity contribution in [3.8, 4) is 0 Å². The molecule has 0 aliphatic rings. The Kier molecular flexibility index (Phi) is 6.20. The van der Waals surface area contributed by atoms with E-state index in [4.69, 9.17) is 4.74 Å². The van der Waals surface area contributed by atoms with Crippen LogP contribution >= 0.6 is 0 Å². The lowest BCUT2D eigenvalue weighted by Gasteiger charge is -2.01. The Morgan fingerprint density at radius 2 is 2.10 bits per heavy atom. The van der Waals surface area contributed by atoms with Gasteiger partial charge in [0.25, 0.3) is 0 Å². The molecule has 0 fully saturated rings. The fraction of sp³-hybridized carbons (Fsp3) is 0.467. The molecule has 0 saturated carbocycles. The molecule has 0 spiro atoms. The van der Waals surface area contributed by atoms with Crippen LogP contribution in [0.5, 0.6) is 0 Å². The molecule has 5 nitrogen and oxygen atoms in total. The van der Waals surface area contributed by atoms with E-state index >= 15 is 0 Å². The van der Waals surface area contributed by atoms with Gasteiger partial charge in [-0.2, -0.15) is 0 Å². The van der Waals surface area contributed by atoms with E-state index in [0.717, 1.165) is 38.2 Å². The van der Waals surface area contributed by atoms with Gasteiger partial charge in [-0.15, -0.1) is 5.10 Å². The van der Waals surface area contributed by atoms with Gasteiger partial charge in [0.05, 0.1) is 12.3 Å². The van der Waals surface area contributed by atoms with E-state index in [1.165, 1.54) is 5.56 Å². The number of nitrogens with zero attached hydrogens (tertiary/aromatic N) is 3. The predicted octanol–water partition coefficient (Wildman–Crippen LogP) is 1.65. The minimum Gasteiger partial charge on any atom is -0.383 e. The van der Waals surface area contributed by atoms with Crippen LogP contribution in [0.2, 0.25) is 0 Å². The highest BCUT2D eigenvalue weighted by Gasteiger charge is 2.00. The number of aryl methyl sites for hydroxylation is 2. The molecule has 1 aromatic heterocycles. The van der Waals surface area contributed by atoms with Crippen LogP contribution in [-0.4, -0.2) is 35.3 Å². The van der Waals surface area contributed by atoms with Crippen molar-refractivity contribution in [3.05, 3.63) is 47.8 Å². The van der Waals surface area contributed by atoms with Crippen molar-refractivity contribution in [2.75, 3.05) is 20.3 Å². The summed E-state index contributed by atoms with van der Waals surface area (Å²) in [5.74, 6) is 0. The van der Waals surface area contributed by atoms with Crippen molar-refractivity contribution >= 4 is 0 Å². The molecule has 1 N–H and O–H groups in total. The molecule has 0 aliphatic carbocycles. The molecule has 5 heteroatoms. The zero-order valence-corrected chi connectivity index (χ0v) is 12.0. The van der Waals surface area contributed by atoms with Gasteiger partial charge < -0.3 is 10.1 Å². The monoisotopic (exact) mass is 274 g/mol. The number of aromatic nitrogens is 3. The zero-order chi connectivity index (χ0) is 14.0. The van der Waals surface area contributed by atoms with Gasteiger partial charge >= 0.3 is 0 Å². The molecule has 0 bridgehead atoms. The van der Waals surface area contributed by atoms with E-state index in [-0.39, 0.29) is 0 Å². The molecule has 0 atom stereocenters. The minimum absolute atomic E-state index is 0.714. The van der Waals surface area contributed by atoms with Crippen LogP contribution in [0.1, 0.15) is 17.7 Å². The van der Waals surface area contributed by atoms with Gasteiger partial charge in [-0.3, -0.25) is 4.68 Å². The normalized spacial score (nSPS) is 10.8. The van der Waals surface area contributed by atoms with E-state index in [1.54, 1.807) is 7.11 Å². The highest BCUT2D eigenvalue weighted by Crippen LogP contribution is 2.03. The predicted molar refractivity (Wildman–Crippen MR) is 78.4 cm³/mol. The number of benzene rings is 1. The maximum atomic E-state index is 4.98. The van der Waals surface area contributed by atoms with Gasteiger partial charge in [0, 0.05) is 32.9 Å². The molecule has 2 rings (SSSR count). The topological polar surface area (TPSA) is 52.0 Å². The third-order valence-electron chi connectivity index (χ3n) is 3.07. The number of methoxy groups -OCH3 is 1. The summed E-state index contributed by atoms with van der Waals surface area (Å²) in [6, 6.07) is 10.5. The van der Waals surface area contributed by atoms with E-state index < -0.39 is 0 Å². The SMILES string of the molecule is COCCNCc1cn(CCCc2ccccc2)nn1. The Morgan fingerprint density at radius 3 is 2.90 bits per heavy atom. The second-order valence-electron chi connectivity index (χ2n) is 4.73. The standard InChI is InChI=1S/C15H22N4O/c1-20-11-9-16-12-15-13-19(18-17-15)10-5-8-14-6-3-2-4-7-14/h2-4,6-7,13,16H,5,8-12H2,1H3. The van der Waals surface area contributed by atoms with Crippen molar-refractivity contribution in [1.82, 2.24) is 20.3 Å². The first-order chi connectivity index (χ1) is 9.88. The maximum Gasteiger partial charge on any atom is 0.0964 e. The maximum absolute atomic E-state index is 4.98. The second kappa shape index (κ2) is 8.45. The summed E-state index contributed by atoms with van der Waals surface area (Å²) < 4.78 is 6.89. The minimum atomic E-state index is 0.714. The summed E-state index contributed by atoms with van der Waals surface area (Å²) in [6.45, 7) is 3.19. The molecule has 1 aromatic carbocycles. The second-order valence-corrected chi connectivity index (χ2v) is 4.73. The number of ether oxygens (including phenoxy) is 1. The summed E-state index contributed by atoms with van der Waals surface area (Å²) in [7, 11) is 1.70. The number of rotatable bonds is 9. The number of nitrogens with one attached hydrogen (secondary N) is 1. The molecule has 0 amide bonds. The van der Waals surface area contributed by atoms with Gasteiger partial charge in [0.1, 0.15) is 0 Å². The number of hydrogen-bond donors (Lipinski definition) is 1. The van der Waals surface area contributed by atoms with Crippen LogP contribution in [0.15, 0.2) is 36.5 Å². The first-order valence-corrected chi connectivity index (χ1v) is 7.01. The van der Waals surface area contributed by atoms with E-state index in [2.05, 4.69) is 39.9 Å². The lowest BCUT2D eigenvalue weighted by Crippen LogP contribution is -2.18. The molecule has 0 unspecified atom stereocenters. The lowest BCUT2D eigenvalue weighted by atomic mass is 10.1. The van der Waals surface area contributed by atoms with Gasteiger partial charge in [-0.05, 0) is 18.4 Å². The van der Waals surface area contributed by atoms with Gasteiger partial charge in [-0.25, -0.2) is 0 Å². The van der Waals surface area contributed by atoms with Crippen LogP contribution in [0.3, 0.4) is 0 Å². The average Bonchev–Trinajstić information content (AvgIpc) is 2.93. The molecule has 2 aromatic rings. The molecule has 20 heavy (non-hydrogen) atoms. The smallest absolute Gasteiger partial charge is 0.0964 e. The lowest BCUT2D eigenvalue weighted by molar-refractivity contribution is 0.199. The molecule has 0 saturated heterocycles. The Labute approximate surface area is 120 Å². The van der Waals surface area contributed by atoms with Crippen molar-refractivity contribution in [3.63, 3.8) is 0 Å². The highest BCUT2D eigenvalue weighted by atomic mass is 16.5. The van der Waals surface area contributed by atoms with Crippen LogP contribution in [0.25, 0.3) is 0 Å². The molecule has 1 heterocycles. The summed E-state index contributed by atoms with van der Waals surface area (Å²) in [5.41, 5.74) is 2.34. The first-order valence-electron chi connectivity index (χ1n) is 7.01. The average molecular weight is 274 g/mol. The van der Waals surface area contributed by atoms with Crippen molar-refractivity contribution < 1.29 is 4.74 Å². The van der Waals surface area contributed by atoms with E-state index in [0.29, 0.717) is 6.61 Å². The third-order valence-corrected chi connectivity index (χ3v) is 3.07. The van der Waals surface area contributed by atoms with Crippen molar-refractivity contribution in [1.29, 1.82) is 0 Å². The summed E-state index contributed by atoms with van der Waals surface area (Å²) in [5, 5.41) is 11.5. The Morgan fingerprint density at radius 1 is 1.25 bits per heavy atom. The van der Waals surface area contributed by atoms with Gasteiger partial charge in [0.15, 0.2) is 0 Å². The van der Waals surface area contributed by atoms with E-state index in [9.17, 15) is 0 Å².